The van der Waals surface area contributed by atoms with Crippen molar-refractivity contribution in [2.75, 3.05) is 11.9 Å². The molecule has 0 bridgehead atoms. The summed E-state index contributed by atoms with van der Waals surface area (Å²) in [6.45, 7) is 4.61. The molecule has 8 heteroatoms. The Morgan fingerprint density at radius 2 is 2.17 bits per heavy atom. The van der Waals surface area contributed by atoms with Gasteiger partial charge in [-0.25, -0.2) is 15.0 Å². The van der Waals surface area contributed by atoms with E-state index in [9.17, 15) is 4.79 Å². The molecule has 1 atom stereocenters. The van der Waals surface area contributed by atoms with Crippen LogP contribution in [0.5, 0.6) is 0 Å². The molecule has 30 heavy (non-hydrogen) atoms. The third-order valence-electron chi connectivity index (χ3n) is 4.94. The van der Waals surface area contributed by atoms with E-state index < -0.39 is 0 Å². The van der Waals surface area contributed by atoms with Crippen molar-refractivity contribution in [3.63, 3.8) is 0 Å². The van der Waals surface area contributed by atoms with Crippen LogP contribution in [0, 0.1) is 13.8 Å². The SMILES string of the molecule is Cc1nc(Nc2ncc(C)s2)cc([C@H]2CCCCN2C(=O)/C=C/c2cccnc2)n1. The summed E-state index contributed by atoms with van der Waals surface area (Å²) in [5.74, 6) is 1.37. The average molecular weight is 421 g/mol. The summed E-state index contributed by atoms with van der Waals surface area (Å²) in [6.07, 6.45) is 11.7. The van der Waals surface area contributed by atoms with Crippen LogP contribution in [0.2, 0.25) is 0 Å². The predicted molar refractivity (Wildman–Crippen MR) is 118 cm³/mol. The number of amides is 1. The second kappa shape index (κ2) is 9.13. The number of hydrogen-bond acceptors (Lipinski definition) is 7. The highest BCUT2D eigenvalue weighted by Gasteiger charge is 2.28. The lowest BCUT2D eigenvalue weighted by Crippen LogP contribution is -2.38. The second-order valence-corrected chi connectivity index (χ2v) is 8.52. The van der Waals surface area contributed by atoms with Crippen molar-refractivity contribution >= 4 is 34.3 Å². The molecule has 1 aliphatic rings. The Labute approximate surface area is 179 Å². The van der Waals surface area contributed by atoms with E-state index in [0.29, 0.717) is 11.6 Å². The van der Waals surface area contributed by atoms with Crippen molar-refractivity contribution in [3.05, 3.63) is 64.8 Å². The minimum atomic E-state index is -0.0647. The third-order valence-corrected chi connectivity index (χ3v) is 5.77. The lowest BCUT2D eigenvalue weighted by atomic mass is 9.98. The smallest absolute Gasteiger partial charge is 0.247 e. The Morgan fingerprint density at radius 3 is 2.93 bits per heavy atom. The summed E-state index contributed by atoms with van der Waals surface area (Å²) < 4.78 is 0. The topological polar surface area (TPSA) is 83.9 Å². The number of pyridine rings is 1. The molecule has 0 radical (unpaired) electrons. The highest BCUT2D eigenvalue weighted by molar-refractivity contribution is 7.15. The molecule has 0 saturated carbocycles. The van der Waals surface area contributed by atoms with Gasteiger partial charge in [0.2, 0.25) is 5.91 Å². The number of thiazole rings is 1. The van der Waals surface area contributed by atoms with Gasteiger partial charge in [-0.15, -0.1) is 11.3 Å². The van der Waals surface area contributed by atoms with E-state index in [2.05, 4.69) is 25.3 Å². The fourth-order valence-electron chi connectivity index (χ4n) is 3.59. The number of carbonyl (C=O) groups is 1. The van der Waals surface area contributed by atoms with Crippen molar-refractivity contribution in [1.29, 1.82) is 0 Å². The van der Waals surface area contributed by atoms with Gasteiger partial charge in [-0.3, -0.25) is 9.78 Å². The molecule has 1 aliphatic heterocycles. The number of hydrogen-bond donors (Lipinski definition) is 1. The van der Waals surface area contributed by atoms with Crippen molar-refractivity contribution in [2.24, 2.45) is 0 Å². The molecular formula is C22H24N6OS. The van der Waals surface area contributed by atoms with Gasteiger partial charge in [0.25, 0.3) is 0 Å². The molecule has 7 nitrogen and oxygen atoms in total. The summed E-state index contributed by atoms with van der Waals surface area (Å²) in [6, 6.07) is 5.65. The fourth-order valence-corrected chi connectivity index (χ4v) is 4.26. The van der Waals surface area contributed by atoms with E-state index >= 15 is 0 Å². The van der Waals surface area contributed by atoms with Crippen LogP contribution < -0.4 is 5.32 Å². The number of piperidine rings is 1. The van der Waals surface area contributed by atoms with E-state index in [1.165, 1.54) is 0 Å². The number of aryl methyl sites for hydroxylation is 2. The third kappa shape index (κ3) is 4.88. The summed E-state index contributed by atoms with van der Waals surface area (Å²) in [5, 5.41) is 4.07. The summed E-state index contributed by atoms with van der Waals surface area (Å²) in [5.41, 5.74) is 1.77. The van der Waals surface area contributed by atoms with Crippen LogP contribution in [0.4, 0.5) is 10.9 Å². The number of nitrogens with one attached hydrogen (secondary N) is 1. The van der Waals surface area contributed by atoms with Crippen LogP contribution in [-0.2, 0) is 4.79 Å². The Bertz CT molecular complexity index is 1050. The van der Waals surface area contributed by atoms with E-state index in [0.717, 1.165) is 47.1 Å². The Balaban J connectivity index is 1.56. The molecule has 0 unspecified atom stereocenters. The molecular weight excluding hydrogens is 396 g/mol. The van der Waals surface area contributed by atoms with Crippen LogP contribution in [0.1, 0.15) is 47.3 Å². The molecule has 154 valence electrons. The first-order valence-electron chi connectivity index (χ1n) is 10.0. The van der Waals surface area contributed by atoms with E-state index in [4.69, 9.17) is 0 Å². The zero-order valence-electron chi connectivity index (χ0n) is 17.1. The number of aromatic nitrogens is 4. The molecule has 3 aromatic heterocycles. The maximum Gasteiger partial charge on any atom is 0.247 e. The maximum atomic E-state index is 13.0. The lowest BCUT2D eigenvalue weighted by molar-refractivity contribution is -0.129. The van der Waals surface area contributed by atoms with Gasteiger partial charge in [0.1, 0.15) is 11.6 Å². The standard InChI is InChI=1S/C22H24N6OS/c1-15-13-24-22(30-15)27-20-12-18(25-16(2)26-20)19-7-3-4-11-28(19)21(29)9-8-17-6-5-10-23-14-17/h5-6,8-10,12-14,19H,3-4,7,11H2,1-2H3,(H,24,25,26,27)/b9-8+/t19-/m1/s1. The summed E-state index contributed by atoms with van der Waals surface area (Å²) in [7, 11) is 0. The predicted octanol–water partition coefficient (Wildman–Crippen LogP) is 4.46. The van der Waals surface area contributed by atoms with E-state index in [-0.39, 0.29) is 11.9 Å². The highest BCUT2D eigenvalue weighted by atomic mass is 32.1. The van der Waals surface area contributed by atoms with Gasteiger partial charge in [0.15, 0.2) is 5.13 Å². The summed E-state index contributed by atoms with van der Waals surface area (Å²) in [4.78, 5) is 33.6. The Hall–Kier alpha value is -3.13. The minimum Gasteiger partial charge on any atom is -0.331 e. The largest absolute Gasteiger partial charge is 0.331 e. The second-order valence-electron chi connectivity index (χ2n) is 7.29. The van der Waals surface area contributed by atoms with Gasteiger partial charge in [-0.2, -0.15) is 0 Å². The van der Waals surface area contributed by atoms with Gasteiger partial charge in [0.05, 0.1) is 11.7 Å². The van der Waals surface area contributed by atoms with Crippen LogP contribution in [0.25, 0.3) is 6.08 Å². The van der Waals surface area contributed by atoms with Gasteiger partial charge in [-0.1, -0.05) is 6.07 Å². The van der Waals surface area contributed by atoms with E-state index in [1.807, 2.05) is 49.2 Å². The molecule has 3 aromatic rings. The van der Waals surface area contributed by atoms with Crippen LogP contribution in [-0.4, -0.2) is 37.3 Å². The molecule has 4 heterocycles. The molecule has 1 saturated heterocycles. The maximum absolute atomic E-state index is 13.0. The Morgan fingerprint density at radius 1 is 1.27 bits per heavy atom. The lowest BCUT2D eigenvalue weighted by Gasteiger charge is -2.35. The molecule has 4 rings (SSSR count). The molecule has 0 aliphatic carbocycles. The van der Waals surface area contributed by atoms with Crippen LogP contribution in [0.3, 0.4) is 0 Å². The van der Waals surface area contributed by atoms with Gasteiger partial charge < -0.3 is 10.2 Å². The van der Waals surface area contributed by atoms with Crippen molar-refractivity contribution in [1.82, 2.24) is 24.8 Å². The number of rotatable bonds is 5. The highest BCUT2D eigenvalue weighted by Crippen LogP contribution is 2.32. The fraction of sp³-hybridized carbons (Fsp3) is 0.318. The molecule has 0 aromatic carbocycles. The first-order chi connectivity index (χ1) is 14.6. The molecule has 1 fully saturated rings. The van der Waals surface area contributed by atoms with Crippen LogP contribution >= 0.6 is 11.3 Å². The van der Waals surface area contributed by atoms with Gasteiger partial charge >= 0.3 is 0 Å². The monoisotopic (exact) mass is 420 g/mol. The van der Waals surface area contributed by atoms with Crippen molar-refractivity contribution in [2.45, 2.75) is 39.2 Å². The Kier molecular flexibility index (Phi) is 6.13. The van der Waals surface area contributed by atoms with Gasteiger partial charge in [0, 0.05) is 42.2 Å². The normalized spacial score (nSPS) is 16.7. The zero-order chi connectivity index (χ0) is 20.9. The number of carbonyl (C=O) groups excluding carboxylic acids is 1. The first-order valence-corrected chi connectivity index (χ1v) is 10.8. The van der Waals surface area contributed by atoms with E-state index in [1.54, 1.807) is 29.8 Å². The first kappa shape index (κ1) is 20.2. The average Bonchev–Trinajstić information content (AvgIpc) is 3.16. The number of likely N-dealkylation sites (tertiary alicyclic amines) is 1. The summed E-state index contributed by atoms with van der Waals surface area (Å²) >= 11 is 1.58. The molecule has 1 N–H and O–H groups in total. The zero-order valence-corrected chi connectivity index (χ0v) is 17.9. The van der Waals surface area contributed by atoms with Crippen molar-refractivity contribution < 1.29 is 4.79 Å². The minimum absolute atomic E-state index is 0.00937. The molecule has 1 amide bonds. The molecule has 0 spiro atoms. The van der Waals surface area contributed by atoms with Gasteiger partial charge in [-0.05, 0) is 50.8 Å². The quantitative estimate of drug-likeness (QED) is 0.614. The van der Waals surface area contributed by atoms with Crippen LogP contribution in [0.15, 0.2) is 42.9 Å². The number of nitrogens with zero attached hydrogens (tertiary/aromatic N) is 5. The number of anilines is 2. The van der Waals surface area contributed by atoms with Crippen molar-refractivity contribution in [3.8, 4) is 0 Å².